The number of nitrogens with one attached hydrogen (secondary N) is 1. The summed E-state index contributed by atoms with van der Waals surface area (Å²) >= 11 is 0. The Labute approximate surface area is 219 Å². The average Bonchev–Trinajstić information content (AvgIpc) is 2.91. The number of amides is 1. The second-order valence-electron chi connectivity index (χ2n) is 10.3. The SMILES string of the molecule is CC(F)C(C)(O)C(C)(CCCCc1ccc(C#Cc2ccc(CN3CCOCC3)cc2)cc1)C(=O)NO. The van der Waals surface area contributed by atoms with Gasteiger partial charge in [-0.25, -0.2) is 9.87 Å². The van der Waals surface area contributed by atoms with Crippen LogP contribution in [-0.2, 0) is 22.5 Å². The first-order valence-corrected chi connectivity index (χ1v) is 13.0. The van der Waals surface area contributed by atoms with Gasteiger partial charge in [0.15, 0.2) is 0 Å². The Kier molecular flexibility index (Phi) is 10.2. The lowest BCUT2D eigenvalue weighted by atomic mass is 9.68. The van der Waals surface area contributed by atoms with Crippen molar-refractivity contribution >= 4 is 5.91 Å². The number of carbonyl (C=O) groups excluding carboxylic acids is 1. The lowest BCUT2D eigenvalue weighted by Crippen LogP contribution is -2.57. The zero-order valence-corrected chi connectivity index (χ0v) is 22.1. The van der Waals surface area contributed by atoms with Crippen molar-refractivity contribution in [3.63, 3.8) is 0 Å². The fourth-order valence-corrected chi connectivity index (χ4v) is 4.58. The van der Waals surface area contributed by atoms with Crippen LogP contribution in [0.15, 0.2) is 48.5 Å². The molecule has 1 aliphatic rings. The van der Waals surface area contributed by atoms with E-state index >= 15 is 0 Å². The Morgan fingerprint density at radius 1 is 1.03 bits per heavy atom. The summed E-state index contributed by atoms with van der Waals surface area (Å²) < 4.78 is 19.4. The molecule has 37 heavy (non-hydrogen) atoms. The van der Waals surface area contributed by atoms with Gasteiger partial charge in [-0.1, -0.05) is 42.5 Å². The zero-order chi connectivity index (χ0) is 26.9. The third kappa shape index (κ3) is 7.62. The summed E-state index contributed by atoms with van der Waals surface area (Å²) in [5, 5.41) is 19.7. The fraction of sp³-hybridized carbons (Fsp3) is 0.500. The lowest BCUT2D eigenvalue weighted by Gasteiger charge is -2.42. The molecule has 0 spiro atoms. The van der Waals surface area contributed by atoms with E-state index in [1.807, 2.05) is 24.3 Å². The quantitative estimate of drug-likeness (QED) is 0.193. The van der Waals surface area contributed by atoms with Crippen LogP contribution in [0.2, 0.25) is 0 Å². The van der Waals surface area contributed by atoms with E-state index < -0.39 is 23.1 Å². The Morgan fingerprint density at radius 3 is 2.08 bits per heavy atom. The number of rotatable bonds is 10. The van der Waals surface area contributed by atoms with Gasteiger partial charge in [-0.2, -0.15) is 0 Å². The van der Waals surface area contributed by atoms with Crippen molar-refractivity contribution in [2.45, 2.75) is 64.8 Å². The minimum absolute atomic E-state index is 0.245. The summed E-state index contributed by atoms with van der Waals surface area (Å²) in [5.74, 6) is 5.66. The van der Waals surface area contributed by atoms with Crippen LogP contribution in [0.25, 0.3) is 0 Å². The number of alkyl halides is 1. The highest BCUT2D eigenvalue weighted by molar-refractivity contribution is 5.82. The van der Waals surface area contributed by atoms with Crippen LogP contribution in [0.1, 0.15) is 62.3 Å². The normalized spacial score (nSPS) is 18.1. The van der Waals surface area contributed by atoms with Crippen LogP contribution in [0.5, 0.6) is 0 Å². The molecule has 3 rings (SSSR count). The molecule has 1 aliphatic heterocycles. The summed E-state index contributed by atoms with van der Waals surface area (Å²) in [6.07, 6.45) is 0.747. The monoisotopic (exact) mass is 510 g/mol. The van der Waals surface area contributed by atoms with Crippen LogP contribution in [0.4, 0.5) is 4.39 Å². The van der Waals surface area contributed by atoms with E-state index in [4.69, 9.17) is 9.94 Å². The van der Waals surface area contributed by atoms with E-state index in [1.54, 1.807) is 5.48 Å². The molecule has 0 saturated carbocycles. The number of morpholine rings is 1. The van der Waals surface area contributed by atoms with E-state index in [2.05, 4.69) is 41.0 Å². The third-order valence-electron chi connectivity index (χ3n) is 7.66. The molecule has 1 heterocycles. The first kappa shape index (κ1) is 28.8. The first-order chi connectivity index (χ1) is 17.7. The van der Waals surface area contributed by atoms with Crippen molar-refractivity contribution in [1.82, 2.24) is 10.4 Å². The highest BCUT2D eigenvalue weighted by Gasteiger charge is 2.52. The molecule has 6 nitrogen and oxygen atoms in total. The summed E-state index contributed by atoms with van der Waals surface area (Å²) in [7, 11) is 0. The van der Waals surface area contributed by atoms with Crippen molar-refractivity contribution in [2.24, 2.45) is 5.41 Å². The number of carbonyl (C=O) groups is 1. The summed E-state index contributed by atoms with van der Waals surface area (Å²) in [5.41, 5.74) is 2.56. The lowest BCUT2D eigenvalue weighted by molar-refractivity contribution is -0.166. The maximum Gasteiger partial charge on any atom is 0.252 e. The highest BCUT2D eigenvalue weighted by Crippen LogP contribution is 2.40. The predicted octanol–water partition coefficient (Wildman–Crippen LogP) is 4.25. The van der Waals surface area contributed by atoms with Gasteiger partial charge in [0.25, 0.3) is 5.91 Å². The molecule has 3 unspecified atom stereocenters. The van der Waals surface area contributed by atoms with Gasteiger partial charge in [0.05, 0.1) is 18.6 Å². The molecule has 0 bridgehead atoms. The number of unbranched alkanes of at least 4 members (excludes halogenated alkanes) is 1. The Balaban J connectivity index is 1.50. The van der Waals surface area contributed by atoms with E-state index in [0.29, 0.717) is 6.42 Å². The van der Waals surface area contributed by atoms with Gasteiger partial charge < -0.3 is 9.84 Å². The van der Waals surface area contributed by atoms with E-state index in [-0.39, 0.29) is 6.42 Å². The topological polar surface area (TPSA) is 82.0 Å². The van der Waals surface area contributed by atoms with Crippen LogP contribution in [0.3, 0.4) is 0 Å². The van der Waals surface area contributed by atoms with Crippen LogP contribution in [0, 0.1) is 17.3 Å². The number of ether oxygens (including phenoxy) is 1. The Bertz CT molecular complexity index is 1070. The molecule has 3 atom stereocenters. The van der Waals surface area contributed by atoms with Gasteiger partial charge in [0, 0.05) is 30.8 Å². The molecular formula is C30H39FN2O4. The molecule has 7 heteroatoms. The summed E-state index contributed by atoms with van der Waals surface area (Å²) in [4.78, 5) is 14.6. The number of benzene rings is 2. The van der Waals surface area contributed by atoms with E-state index in [0.717, 1.165) is 62.4 Å². The van der Waals surface area contributed by atoms with Crippen LogP contribution in [-0.4, -0.2) is 59.2 Å². The van der Waals surface area contributed by atoms with Crippen molar-refractivity contribution in [3.8, 4) is 11.8 Å². The third-order valence-corrected chi connectivity index (χ3v) is 7.66. The first-order valence-electron chi connectivity index (χ1n) is 13.0. The largest absolute Gasteiger partial charge is 0.386 e. The van der Waals surface area contributed by atoms with Crippen molar-refractivity contribution in [3.05, 3.63) is 70.8 Å². The number of hydrogen-bond acceptors (Lipinski definition) is 5. The number of hydroxylamine groups is 1. The maximum atomic E-state index is 14.0. The highest BCUT2D eigenvalue weighted by atomic mass is 19.1. The van der Waals surface area contributed by atoms with Gasteiger partial charge >= 0.3 is 0 Å². The molecule has 200 valence electrons. The molecule has 3 N–H and O–H groups in total. The maximum absolute atomic E-state index is 14.0. The smallest absolute Gasteiger partial charge is 0.252 e. The summed E-state index contributed by atoms with van der Waals surface area (Å²) in [6, 6.07) is 16.4. The van der Waals surface area contributed by atoms with Gasteiger partial charge in [0.2, 0.25) is 0 Å². The molecule has 1 amide bonds. The number of hydrogen-bond donors (Lipinski definition) is 3. The number of nitrogens with zero attached hydrogens (tertiary/aromatic N) is 1. The molecule has 1 saturated heterocycles. The summed E-state index contributed by atoms with van der Waals surface area (Å²) in [6.45, 7) is 8.47. The second-order valence-corrected chi connectivity index (χ2v) is 10.3. The number of aryl methyl sites for hydroxylation is 1. The fourth-order valence-electron chi connectivity index (χ4n) is 4.58. The van der Waals surface area contributed by atoms with Crippen molar-refractivity contribution in [2.75, 3.05) is 26.3 Å². The second kappa shape index (κ2) is 13.2. The minimum atomic E-state index is -1.90. The van der Waals surface area contributed by atoms with Gasteiger partial charge in [-0.15, -0.1) is 0 Å². The molecule has 2 aromatic carbocycles. The standard InChI is InChI=1S/C30H39FN2O4/c1-23(31)30(3,35)29(2,28(34)32-36)17-5-4-6-24-7-9-25(10-8-24)11-12-26-13-15-27(16-14-26)22-33-18-20-37-21-19-33/h7-10,13-16,23,35-36H,4-6,17-22H2,1-3H3,(H,32,34). The predicted molar refractivity (Wildman–Crippen MR) is 142 cm³/mol. The van der Waals surface area contributed by atoms with Crippen molar-refractivity contribution < 1.29 is 24.2 Å². The minimum Gasteiger partial charge on any atom is -0.386 e. The van der Waals surface area contributed by atoms with Gasteiger partial charge in [-0.3, -0.25) is 14.9 Å². The molecule has 0 radical (unpaired) electrons. The average molecular weight is 511 g/mol. The van der Waals surface area contributed by atoms with Crippen LogP contribution < -0.4 is 5.48 Å². The molecule has 2 aromatic rings. The Hall–Kier alpha value is -2.76. The number of aliphatic hydroxyl groups is 1. The van der Waals surface area contributed by atoms with Gasteiger partial charge in [-0.05, 0) is 75.4 Å². The molecule has 0 aromatic heterocycles. The number of halogens is 1. The molecule has 0 aliphatic carbocycles. The van der Waals surface area contributed by atoms with E-state index in [9.17, 15) is 14.3 Å². The van der Waals surface area contributed by atoms with Crippen LogP contribution >= 0.6 is 0 Å². The zero-order valence-electron chi connectivity index (χ0n) is 22.1. The van der Waals surface area contributed by atoms with Crippen molar-refractivity contribution in [1.29, 1.82) is 0 Å². The van der Waals surface area contributed by atoms with E-state index in [1.165, 1.54) is 26.3 Å². The Morgan fingerprint density at radius 2 is 1.57 bits per heavy atom. The molecule has 1 fully saturated rings. The van der Waals surface area contributed by atoms with Gasteiger partial charge in [0.1, 0.15) is 11.8 Å². The molecular weight excluding hydrogens is 471 g/mol.